The first-order chi connectivity index (χ1) is 9.49. The number of hydrogen-bond donors (Lipinski definition) is 1. The Hall–Kier alpha value is -2.01. The number of nitriles is 2. The summed E-state index contributed by atoms with van der Waals surface area (Å²) >= 11 is 11.9. The smallest absolute Gasteiger partial charge is 0.135 e. The van der Waals surface area contributed by atoms with Crippen molar-refractivity contribution in [3.63, 3.8) is 0 Å². The molecular formula is C14H10Cl2N4. The highest BCUT2D eigenvalue weighted by Gasteiger charge is 2.31. The van der Waals surface area contributed by atoms with Gasteiger partial charge in [0.1, 0.15) is 10.3 Å². The highest BCUT2D eigenvalue weighted by Crippen LogP contribution is 2.39. The third kappa shape index (κ3) is 2.36. The van der Waals surface area contributed by atoms with Gasteiger partial charge in [0, 0.05) is 17.0 Å². The van der Waals surface area contributed by atoms with Crippen LogP contribution in [0.25, 0.3) is 0 Å². The number of hydrogen-bond acceptors (Lipinski definition) is 4. The molecule has 0 saturated carbocycles. The largest absolute Gasteiger partial charge is 0.361 e. The third-order valence-corrected chi connectivity index (χ3v) is 3.67. The molecule has 100 valence electrons. The number of rotatable bonds is 1. The summed E-state index contributed by atoms with van der Waals surface area (Å²) in [5.74, 6) is -0.511. The van der Waals surface area contributed by atoms with E-state index in [1.54, 1.807) is 26.0 Å². The van der Waals surface area contributed by atoms with Crippen molar-refractivity contribution >= 4 is 23.2 Å². The van der Waals surface area contributed by atoms with Gasteiger partial charge in [-0.15, -0.1) is 0 Å². The van der Waals surface area contributed by atoms with Gasteiger partial charge in [0.25, 0.3) is 0 Å². The van der Waals surface area contributed by atoms with Gasteiger partial charge in [-0.05, 0) is 19.9 Å². The average Bonchev–Trinajstić information content (AvgIpc) is 2.38. The zero-order valence-corrected chi connectivity index (χ0v) is 12.3. The van der Waals surface area contributed by atoms with Gasteiger partial charge in [0.15, 0.2) is 0 Å². The summed E-state index contributed by atoms with van der Waals surface area (Å²) in [6.45, 7) is 3.58. The molecule has 20 heavy (non-hydrogen) atoms. The molecule has 0 atom stereocenters. The highest BCUT2D eigenvalue weighted by atomic mass is 35.5. The molecule has 1 aliphatic heterocycles. The molecule has 6 heteroatoms. The van der Waals surface area contributed by atoms with E-state index in [0.29, 0.717) is 28.1 Å². The molecule has 0 unspecified atom stereocenters. The van der Waals surface area contributed by atoms with E-state index in [-0.39, 0.29) is 10.3 Å². The van der Waals surface area contributed by atoms with Crippen molar-refractivity contribution in [1.29, 1.82) is 10.5 Å². The van der Waals surface area contributed by atoms with E-state index in [0.717, 1.165) is 0 Å². The molecule has 1 aliphatic rings. The third-order valence-electron chi connectivity index (χ3n) is 3.16. The predicted molar refractivity (Wildman–Crippen MR) is 76.8 cm³/mol. The van der Waals surface area contributed by atoms with Crippen LogP contribution in [0.5, 0.6) is 0 Å². The molecule has 4 nitrogen and oxygen atoms in total. The maximum atomic E-state index is 9.37. The van der Waals surface area contributed by atoms with Crippen LogP contribution in [0.3, 0.4) is 0 Å². The van der Waals surface area contributed by atoms with Gasteiger partial charge in [0.2, 0.25) is 0 Å². The van der Waals surface area contributed by atoms with Crippen LogP contribution in [-0.2, 0) is 0 Å². The summed E-state index contributed by atoms with van der Waals surface area (Å²) in [7, 11) is 0. The highest BCUT2D eigenvalue weighted by molar-refractivity contribution is 6.33. The Bertz CT molecular complexity index is 684. The first-order valence-electron chi connectivity index (χ1n) is 5.80. The van der Waals surface area contributed by atoms with Gasteiger partial charge in [-0.3, -0.25) is 0 Å². The molecule has 2 rings (SSSR count). The number of halogens is 2. The molecule has 0 saturated heterocycles. The first-order valence-corrected chi connectivity index (χ1v) is 6.56. The van der Waals surface area contributed by atoms with Crippen molar-refractivity contribution in [2.75, 3.05) is 0 Å². The summed E-state index contributed by atoms with van der Waals surface area (Å²) in [5.41, 5.74) is 2.93. The van der Waals surface area contributed by atoms with E-state index in [9.17, 15) is 10.5 Å². The first kappa shape index (κ1) is 14.4. The monoisotopic (exact) mass is 304 g/mol. The SMILES string of the molecule is CC1=C(C#N)C(c2ccc(Cl)nc2Cl)C(C#N)=C(C)N1. The van der Waals surface area contributed by atoms with E-state index >= 15 is 0 Å². The van der Waals surface area contributed by atoms with Gasteiger partial charge >= 0.3 is 0 Å². The van der Waals surface area contributed by atoms with E-state index in [4.69, 9.17) is 23.2 Å². The second-order valence-electron chi connectivity index (χ2n) is 4.37. The van der Waals surface area contributed by atoms with Gasteiger partial charge in [0.05, 0.1) is 29.2 Å². The van der Waals surface area contributed by atoms with Crippen molar-refractivity contribution in [2.24, 2.45) is 0 Å². The van der Waals surface area contributed by atoms with Crippen LogP contribution in [-0.4, -0.2) is 4.98 Å². The number of nitrogens with zero attached hydrogens (tertiary/aromatic N) is 3. The van der Waals surface area contributed by atoms with Crippen molar-refractivity contribution in [1.82, 2.24) is 10.3 Å². The van der Waals surface area contributed by atoms with Crippen LogP contribution in [0.1, 0.15) is 25.3 Å². The van der Waals surface area contributed by atoms with Crippen LogP contribution < -0.4 is 5.32 Å². The lowest BCUT2D eigenvalue weighted by Crippen LogP contribution is -2.23. The normalized spacial score (nSPS) is 15.7. The fourth-order valence-electron chi connectivity index (χ4n) is 2.24. The number of dihydropyridines is 1. The zero-order valence-electron chi connectivity index (χ0n) is 10.8. The maximum Gasteiger partial charge on any atom is 0.135 e. The molecule has 0 bridgehead atoms. The number of nitrogens with one attached hydrogen (secondary N) is 1. The molecule has 1 aromatic rings. The summed E-state index contributed by atoms with van der Waals surface area (Å²) in [6.07, 6.45) is 0. The lowest BCUT2D eigenvalue weighted by molar-refractivity contribution is 0.811. The topological polar surface area (TPSA) is 72.5 Å². The standard InChI is InChI=1S/C14H10Cl2N4/c1-7-10(5-17)13(11(6-18)8(2)19-7)9-3-4-12(15)20-14(9)16/h3-4,13,19H,1-2H3. The van der Waals surface area contributed by atoms with Crippen LogP contribution in [0, 0.1) is 22.7 Å². The zero-order chi connectivity index (χ0) is 14.9. The van der Waals surface area contributed by atoms with Crippen molar-refractivity contribution in [3.05, 3.63) is 50.5 Å². The van der Waals surface area contributed by atoms with Crippen LogP contribution in [0.15, 0.2) is 34.7 Å². The summed E-state index contributed by atoms with van der Waals surface area (Å²) in [4.78, 5) is 3.98. The lowest BCUT2D eigenvalue weighted by atomic mass is 9.82. The molecular weight excluding hydrogens is 295 g/mol. The number of aromatic nitrogens is 1. The Morgan fingerprint density at radius 3 is 2.10 bits per heavy atom. The molecule has 1 N–H and O–H groups in total. The molecule has 0 amide bonds. The quantitative estimate of drug-likeness (QED) is 0.803. The predicted octanol–water partition coefficient (Wildman–Crippen LogP) is 3.67. The summed E-state index contributed by atoms with van der Waals surface area (Å²) in [5, 5.41) is 22.2. The molecule has 0 aliphatic carbocycles. The number of allylic oxidation sites excluding steroid dienone is 4. The Labute approximate surface area is 126 Å². The molecule has 0 fully saturated rings. The lowest BCUT2D eigenvalue weighted by Gasteiger charge is -2.26. The Morgan fingerprint density at radius 2 is 1.65 bits per heavy atom. The Balaban J connectivity index is 2.69. The maximum absolute atomic E-state index is 9.37. The molecule has 2 heterocycles. The minimum atomic E-state index is -0.511. The average molecular weight is 305 g/mol. The minimum absolute atomic E-state index is 0.200. The van der Waals surface area contributed by atoms with Gasteiger partial charge in [-0.25, -0.2) is 4.98 Å². The van der Waals surface area contributed by atoms with E-state index in [1.165, 1.54) is 0 Å². The van der Waals surface area contributed by atoms with Crippen molar-refractivity contribution < 1.29 is 0 Å². The molecule has 0 radical (unpaired) electrons. The van der Waals surface area contributed by atoms with E-state index in [2.05, 4.69) is 22.4 Å². The Kier molecular flexibility index (Phi) is 3.99. The fraction of sp³-hybridized carbons (Fsp3) is 0.214. The second-order valence-corrected chi connectivity index (χ2v) is 5.12. The minimum Gasteiger partial charge on any atom is -0.361 e. The molecule has 1 aromatic heterocycles. The summed E-state index contributed by atoms with van der Waals surface area (Å²) in [6, 6.07) is 7.58. The van der Waals surface area contributed by atoms with Gasteiger partial charge in [-0.1, -0.05) is 29.3 Å². The van der Waals surface area contributed by atoms with E-state index in [1.807, 2.05) is 0 Å². The second kappa shape index (κ2) is 5.54. The van der Waals surface area contributed by atoms with Crippen LogP contribution in [0.2, 0.25) is 10.3 Å². The fourth-order valence-corrected chi connectivity index (χ4v) is 2.69. The number of pyridine rings is 1. The van der Waals surface area contributed by atoms with Crippen LogP contribution >= 0.6 is 23.2 Å². The van der Waals surface area contributed by atoms with Gasteiger partial charge < -0.3 is 5.32 Å². The van der Waals surface area contributed by atoms with Crippen LogP contribution in [0.4, 0.5) is 0 Å². The summed E-state index contributed by atoms with van der Waals surface area (Å²) < 4.78 is 0. The van der Waals surface area contributed by atoms with Gasteiger partial charge in [-0.2, -0.15) is 10.5 Å². The molecule has 0 spiro atoms. The van der Waals surface area contributed by atoms with E-state index < -0.39 is 5.92 Å². The van der Waals surface area contributed by atoms with Crippen molar-refractivity contribution in [2.45, 2.75) is 19.8 Å². The van der Waals surface area contributed by atoms with Crippen molar-refractivity contribution in [3.8, 4) is 12.1 Å². The Morgan fingerprint density at radius 1 is 1.10 bits per heavy atom. The molecule has 0 aromatic carbocycles.